The Labute approximate surface area is 208 Å². The Balaban J connectivity index is 1.77. The van der Waals surface area contributed by atoms with Crippen LogP contribution in [0.5, 0.6) is 0 Å². The molecule has 11 nitrogen and oxygen atoms in total. The van der Waals surface area contributed by atoms with Crippen molar-refractivity contribution in [2.75, 3.05) is 27.4 Å². The van der Waals surface area contributed by atoms with Crippen LogP contribution in [0.15, 0.2) is 12.4 Å². The Morgan fingerprint density at radius 1 is 1.14 bits per heavy atom. The van der Waals surface area contributed by atoms with Gasteiger partial charge in [-0.25, -0.2) is 23.1 Å². The van der Waals surface area contributed by atoms with Gasteiger partial charge in [-0.3, -0.25) is 0 Å². The van der Waals surface area contributed by atoms with E-state index in [1.54, 1.807) is 26.6 Å². The first-order chi connectivity index (χ1) is 16.9. The Kier molecular flexibility index (Phi) is 8.82. The highest BCUT2D eigenvalue weighted by atomic mass is 32.2. The molecule has 12 heteroatoms. The standard InChI is InChI=1S/C23H36N6O5S/c1-14-11-24-22(25-12-14)17(15(2)28-35(30)31)10-20-26-27-23(16-8-9-34-13-16)29(20)21-18(32-3)6-5-7-19(21)33-4/h11-12,15-19,21,35H,5-10,13H2,1-4H3,(H,28,30,31)/t15-,16-,17-,18-,19+,21+/m1/s1. The maximum Gasteiger partial charge on any atom is 0.201 e. The summed E-state index contributed by atoms with van der Waals surface area (Å²) in [5.74, 6) is 1.96. The van der Waals surface area contributed by atoms with E-state index < -0.39 is 16.9 Å². The number of methoxy groups -OCH3 is 2. The number of aromatic nitrogens is 5. The van der Waals surface area contributed by atoms with Gasteiger partial charge in [-0.15, -0.1) is 10.2 Å². The summed E-state index contributed by atoms with van der Waals surface area (Å²) in [6, 6.07) is -0.539. The predicted molar refractivity (Wildman–Crippen MR) is 129 cm³/mol. The molecular weight excluding hydrogens is 472 g/mol. The fourth-order valence-electron chi connectivity index (χ4n) is 5.30. The van der Waals surface area contributed by atoms with E-state index >= 15 is 0 Å². The quantitative estimate of drug-likeness (QED) is 0.458. The third-order valence-electron chi connectivity index (χ3n) is 7.18. The van der Waals surface area contributed by atoms with E-state index in [0.717, 1.165) is 42.9 Å². The van der Waals surface area contributed by atoms with E-state index in [-0.39, 0.29) is 30.1 Å². The smallest absolute Gasteiger partial charge is 0.201 e. The number of ether oxygens (including phenoxy) is 3. The lowest BCUT2D eigenvalue weighted by molar-refractivity contribution is -0.0580. The minimum atomic E-state index is -2.79. The second kappa shape index (κ2) is 11.8. The zero-order valence-corrected chi connectivity index (χ0v) is 21.7. The summed E-state index contributed by atoms with van der Waals surface area (Å²) in [5, 5.41) is 9.26. The van der Waals surface area contributed by atoms with Gasteiger partial charge in [-0.1, -0.05) is 0 Å². The first-order valence-electron chi connectivity index (χ1n) is 12.2. The van der Waals surface area contributed by atoms with Gasteiger partial charge in [0.05, 0.1) is 24.9 Å². The lowest BCUT2D eigenvalue weighted by atomic mass is 9.88. The SMILES string of the molecule is CO[C@H]1CCC[C@@H](OC)[C@@H]1n1c(C[C@@H](c2ncc(C)cn2)[C@@H](C)N[SH](=O)=O)nnc1[C@@H]1CCOC1. The average Bonchev–Trinajstić information content (AvgIpc) is 3.52. The van der Waals surface area contributed by atoms with Crippen molar-refractivity contribution in [3.8, 4) is 0 Å². The van der Waals surface area contributed by atoms with Crippen molar-refractivity contribution in [3.63, 3.8) is 0 Å². The minimum absolute atomic E-state index is 0.0507. The van der Waals surface area contributed by atoms with Crippen molar-refractivity contribution in [2.24, 2.45) is 0 Å². The van der Waals surface area contributed by atoms with Crippen molar-refractivity contribution in [2.45, 2.75) is 82.1 Å². The molecule has 3 heterocycles. The molecule has 2 aromatic rings. The molecule has 0 aromatic carbocycles. The predicted octanol–water partition coefficient (Wildman–Crippen LogP) is 1.47. The number of hydrogen-bond acceptors (Lipinski definition) is 9. The molecule has 0 amide bonds. The van der Waals surface area contributed by atoms with Gasteiger partial charge in [-0.05, 0) is 45.1 Å². The summed E-state index contributed by atoms with van der Waals surface area (Å²) in [4.78, 5) is 9.03. The summed E-state index contributed by atoms with van der Waals surface area (Å²) in [6.07, 6.45) is 7.52. The topological polar surface area (TPSA) is 130 Å². The molecule has 6 atom stereocenters. The lowest BCUT2D eigenvalue weighted by Crippen LogP contribution is -2.42. The molecule has 1 aliphatic heterocycles. The number of rotatable bonds is 10. The maximum absolute atomic E-state index is 11.5. The molecule has 1 aliphatic carbocycles. The van der Waals surface area contributed by atoms with Crippen molar-refractivity contribution in [1.82, 2.24) is 29.5 Å². The molecule has 1 saturated carbocycles. The van der Waals surface area contributed by atoms with Crippen LogP contribution in [0.2, 0.25) is 0 Å². The van der Waals surface area contributed by atoms with Crippen LogP contribution in [0.3, 0.4) is 0 Å². The van der Waals surface area contributed by atoms with Crippen LogP contribution in [0.1, 0.15) is 73.5 Å². The van der Waals surface area contributed by atoms with Crippen molar-refractivity contribution in [3.05, 3.63) is 35.4 Å². The highest BCUT2D eigenvalue weighted by molar-refractivity contribution is 7.70. The Morgan fingerprint density at radius 2 is 1.83 bits per heavy atom. The summed E-state index contributed by atoms with van der Waals surface area (Å²) >= 11 is 0. The molecule has 2 fully saturated rings. The lowest BCUT2D eigenvalue weighted by Gasteiger charge is -2.39. The molecule has 0 spiro atoms. The number of nitrogens with zero attached hydrogens (tertiary/aromatic N) is 5. The molecule has 0 bridgehead atoms. The molecule has 2 aliphatic rings. The van der Waals surface area contributed by atoms with E-state index in [1.165, 1.54) is 0 Å². The first-order valence-corrected chi connectivity index (χ1v) is 13.4. The Bertz CT molecular complexity index is 1020. The minimum Gasteiger partial charge on any atom is -0.381 e. The van der Waals surface area contributed by atoms with E-state index in [9.17, 15) is 8.42 Å². The Hall–Kier alpha value is -1.99. The third kappa shape index (κ3) is 5.88. The van der Waals surface area contributed by atoms with Crippen LogP contribution in [-0.2, 0) is 31.5 Å². The second-order valence-electron chi connectivity index (χ2n) is 9.48. The summed E-state index contributed by atoms with van der Waals surface area (Å²) in [5.41, 5.74) is 0.933. The molecule has 1 N–H and O–H groups in total. The van der Waals surface area contributed by atoms with E-state index in [4.69, 9.17) is 14.2 Å². The van der Waals surface area contributed by atoms with E-state index in [0.29, 0.717) is 25.5 Å². The molecule has 0 radical (unpaired) electrons. The van der Waals surface area contributed by atoms with Gasteiger partial charge in [0.25, 0.3) is 0 Å². The number of hydrogen-bond donors (Lipinski definition) is 2. The maximum atomic E-state index is 11.5. The number of nitrogens with one attached hydrogen (secondary N) is 1. The van der Waals surface area contributed by atoms with Crippen molar-refractivity contribution in [1.29, 1.82) is 0 Å². The highest BCUT2D eigenvalue weighted by Gasteiger charge is 2.40. The zero-order chi connectivity index (χ0) is 24.9. The van der Waals surface area contributed by atoms with Crippen LogP contribution in [0.4, 0.5) is 0 Å². The first kappa shape index (κ1) is 26.1. The highest BCUT2D eigenvalue weighted by Crippen LogP contribution is 2.38. The third-order valence-corrected chi connectivity index (χ3v) is 7.80. The largest absolute Gasteiger partial charge is 0.381 e. The fraction of sp³-hybridized carbons (Fsp3) is 0.739. The molecule has 194 valence electrons. The van der Waals surface area contributed by atoms with Gasteiger partial charge in [0.15, 0.2) is 0 Å². The normalized spacial score (nSPS) is 26.8. The van der Waals surface area contributed by atoms with Gasteiger partial charge in [0.1, 0.15) is 17.5 Å². The van der Waals surface area contributed by atoms with Crippen LogP contribution in [0.25, 0.3) is 0 Å². The number of thiol groups is 1. The van der Waals surface area contributed by atoms with Crippen LogP contribution >= 0.6 is 0 Å². The number of aryl methyl sites for hydroxylation is 1. The summed E-state index contributed by atoms with van der Waals surface area (Å²) in [6.45, 7) is 5.03. The van der Waals surface area contributed by atoms with Crippen LogP contribution in [-0.4, -0.2) is 78.8 Å². The average molecular weight is 509 g/mol. The molecule has 2 aromatic heterocycles. The van der Waals surface area contributed by atoms with E-state index in [1.807, 2.05) is 13.8 Å². The van der Waals surface area contributed by atoms with Gasteiger partial charge in [-0.2, -0.15) is 0 Å². The summed E-state index contributed by atoms with van der Waals surface area (Å²) in [7, 11) is 0.678. The van der Waals surface area contributed by atoms with E-state index in [2.05, 4.69) is 29.5 Å². The van der Waals surface area contributed by atoms with Gasteiger partial charge >= 0.3 is 0 Å². The second-order valence-corrected chi connectivity index (χ2v) is 10.3. The molecule has 0 unspecified atom stereocenters. The molecular formula is C23H36N6O5S. The summed E-state index contributed by atoms with van der Waals surface area (Å²) < 4.78 is 45.4. The monoisotopic (exact) mass is 508 g/mol. The molecule has 1 saturated heterocycles. The Morgan fingerprint density at radius 3 is 2.40 bits per heavy atom. The van der Waals surface area contributed by atoms with Crippen molar-refractivity contribution >= 4 is 10.9 Å². The molecule has 35 heavy (non-hydrogen) atoms. The van der Waals surface area contributed by atoms with Gasteiger partial charge in [0, 0.05) is 57.5 Å². The van der Waals surface area contributed by atoms with Gasteiger partial charge in [0.2, 0.25) is 10.9 Å². The van der Waals surface area contributed by atoms with Crippen LogP contribution < -0.4 is 4.72 Å². The zero-order valence-electron chi connectivity index (χ0n) is 20.8. The van der Waals surface area contributed by atoms with Crippen molar-refractivity contribution < 1.29 is 22.6 Å². The van der Waals surface area contributed by atoms with Crippen LogP contribution in [0, 0.1) is 6.92 Å². The molecule has 4 rings (SSSR count). The van der Waals surface area contributed by atoms with Gasteiger partial charge < -0.3 is 18.8 Å². The fourth-order valence-corrected chi connectivity index (χ4v) is 5.82.